The number of carbonyl (C=O) groups is 3. The summed E-state index contributed by atoms with van der Waals surface area (Å²) < 4.78 is 0. The van der Waals surface area contributed by atoms with Crippen molar-refractivity contribution in [3.8, 4) is 0 Å². The summed E-state index contributed by atoms with van der Waals surface area (Å²) in [6.45, 7) is 1.92. The van der Waals surface area contributed by atoms with Crippen molar-refractivity contribution in [3.05, 3.63) is 59.1 Å². The minimum absolute atomic E-state index is 0.0785. The Morgan fingerprint density at radius 3 is 2.04 bits per heavy atom. The zero-order valence-electron chi connectivity index (χ0n) is 14.1. The van der Waals surface area contributed by atoms with Gasteiger partial charge in [-0.15, -0.1) is 0 Å². The largest absolute Gasteiger partial charge is 0.337 e. The van der Waals surface area contributed by atoms with Gasteiger partial charge in [-0.1, -0.05) is 18.5 Å². The number of anilines is 2. The van der Waals surface area contributed by atoms with Crippen LogP contribution < -0.4 is 21.5 Å². The second kappa shape index (κ2) is 9.43. The van der Waals surface area contributed by atoms with Crippen LogP contribution in [-0.4, -0.2) is 17.8 Å². The Hall–Kier alpha value is -3.06. The quantitative estimate of drug-likeness (QED) is 0.602. The van der Waals surface area contributed by atoms with E-state index >= 15 is 0 Å². The van der Waals surface area contributed by atoms with Gasteiger partial charge in [0, 0.05) is 28.4 Å². The van der Waals surface area contributed by atoms with Gasteiger partial charge in [-0.25, -0.2) is 10.2 Å². The lowest BCUT2D eigenvalue weighted by Gasteiger charge is -2.10. The summed E-state index contributed by atoms with van der Waals surface area (Å²) in [5, 5.41) is 5.83. The van der Waals surface area contributed by atoms with E-state index in [1.54, 1.807) is 48.5 Å². The maximum absolute atomic E-state index is 12.0. The van der Waals surface area contributed by atoms with Gasteiger partial charge in [-0.05, 0) is 55.0 Å². The van der Waals surface area contributed by atoms with Gasteiger partial charge in [0.1, 0.15) is 0 Å². The monoisotopic (exact) mass is 374 g/mol. The number of hydrogen-bond acceptors (Lipinski definition) is 3. The minimum atomic E-state index is -0.593. The maximum atomic E-state index is 12.0. The van der Waals surface area contributed by atoms with Gasteiger partial charge in [0.25, 0.3) is 5.91 Å². The molecule has 0 bridgehead atoms. The van der Waals surface area contributed by atoms with Gasteiger partial charge in [-0.2, -0.15) is 0 Å². The number of hydrazine groups is 1. The predicted octanol–water partition coefficient (Wildman–Crippen LogP) is 3.55. The van der Waals surface area contributed by atoms with E-state index in [-0.39, 0.29) is 5.91 Å². The number of hydrogen-bond donors (Lipinski definition) is 4. The summed E-state index contributed by atoms with van der Waals surface area (Å²) in [6, 6.07) is 12.3. The first-order chi connectivity index (χ1) is 12.5. The van der Waals surface area contributed by atoms with Crippen LogP contribution in [0.1, 0.15) is 30.1 Å². The van der Waals surface area contributed by atoms with Gasteiger partial charge in [0.15, 0.2) is 0 Å². The molecule has 0 aromatic heterocycles. The molecule has 2 rings (SSSR count). The molecule has 0 atom stereocenters. The highest BCUT2D eigenvalue weighted by molar-refractivity contribution is 6.30. The lowest BCUT2D eigenvalue weighted by Crippen LogP contribution is -2.43. The smallest absolute Gasteiger partial charge is 0.326 e. The Kier molecular flexibility index (Phi) is 6.99. The number of halogens is 1. The van der Waals surface area contributed by atoms with Crippen LogP contribution in [0.4, 0.5) is 16.2 Å². The SMILES string of the molecule is CCCC(=O)Nc1ccc(C(=O)NNC(=O)Nc2ccc(Cl)cc2)cc1. The molecule has 0 spiro atoms. The molecule has 0 heterocycles. The number of carbonyl (C=O) groups excluding carboxylic acids is 3. The highest BCUT2D eigenvalue weighted by Gasteiger charge is 2.08. The maximum Gasteiger partial charge on any atom is 0.337 e. The van der Waals surface area contributed by atoms with Crippen molar-refractivity contribution in [1.82, 2.24) is 10.9 Å². The first-order valence-electron chi connectivity index (χ1n) is 8.00. The van der Waals surface area contributed by atoms with E-state index in [4.69, 9.17) is 11.6 Å². The Bertz CT molecular complexity index is 776. The normalized spacial score (nSPS) is 9.92. The molecular formula is C18H19ClN4O3. The minimum Gasteiger partial charge on any atom is -0.326 e. The highest BCUT2D eigenvalue weighted by Crippen LogP contribution is 2.13. The van der Waals surface area contributed by atoms with Crippen LogP contribution in [-0.2, 0) is 4.79 Å². The molecule has 0 aliphatic heterocycles. The first kappa shape index (κ1) is 19.3. The molecule has 0 aliphatic rings. The van der Waals surface area contributed by atoms with Crippen LogP contribution >= 0.6 is 11.6 Å². The molecule has 0 saturated carbocycles. The van der Waals surface area contributed by atoms with Gasteiger partial charge >= 0.3 is 6.03 Å². The topological polar surface area (TPSA) is 99.3 Å². The summed E-state index contributed by atoms with van der Waals surface area (Å²) in [5.74, 6) is -0.562. The molecule has 0 aliphatic carbocycles. The average molecular weight is 375 g/mol. The van der Waals surface area contributed by atoms with E-state index in [1.807, 2.05) is 6.92 Å². The third-order valence-corrected chi connectivity index (χ3v) is 3.55. The Morgan fingerprint density at radius 1 is 0.846 bits per heavy atom. The zero-order chi connectivity index (χ0) is 18.9. The van der Waals surface area contributed by atoms with E-state index in [0.717, 1.165) is 6.42 Å². The lowest BCUT2D eigenvalue weighted by molar-refractivity contribution is -0.116. The fraction of sp³-hybridized carbons (Fsp3) is 0.167. The van der Waals surface area contributed by atoms with Crippen LogP contribution in [0.15, 0.2) is 48.5 Å². The number of nitrogens with one attached hydrogen (secondary N) is 4. The van der Waals surface area contributed by atoms with E-state index in [9.17, 15) is 14.4 Å². The van der Waals surface area contributed by atoms with Crippen molar-refractivity contribution >= 4 is 40.8 Å². The van der Waals surface area contributed by atoms with Gasteiger partial charge in [-0.3, -0.25) is 15.0 Å². The van der Waals surface area contributed by atoms with Crippen molar-refractivity contribution in [2.45, 2.75) is 19.8 Å². The Labute approximate surface area is 156 Å². The molecule has 136 valence electrons. The van der Waals surface area contributed by atoms with E-state index < -0.39 is 11.9 Å². The molecule has 0 saturated heterocycles. The second-order valence-electron chi connectivity index (χ2n) is 5.42. The molecule has 0 radical (unpaired) electrons. The molecule has 2 aromatic carbocycles. The molecule has 0 fully saturated rings. The summed E-state index contributed by atoms with van der Waals surface area (Å²) in [5.41, 5.74) is 6.03. The van der Waals surface area contributed by atoms with Gasteiger partial charge in [0.2, 0.25) is 5.91 Å². The lowest BCUT2D eigenvalue weighted by atomic mass is 10.2. The zero-order valence-corrected chi connectivity index (χ0v) is 14.9. The first-order valence-corrected chi connectivity index (χ1v) is 8.38. The van der Waals surface area contributed by atoms with Crippen LogP contribution in [0.5, 0.6) is 0 Å². The number of benzene rings is 2. The number of urea groups is 1. The second-order valence-corrected chi connectivity index (χ2v) is 5.85. The highest BCUT2D eigenvalue weighted by atomic mass is 35.5. The summed E-state index contributed by atoms with van der Waals surface area (Å²) >= 11 is 5.76. The summed E-state index contributed by atoms with van der Waals surface area (Å²) in [6.07, 6.45) is 1.20. The van der Waals surface area contributed by atoms with Crippen molar-refractivity contribution < 1.29 is 14.4 Å². The molecule has 8 heteroatoms. The standard InChI is InChI=1S/C18H19ClN4O3/c1-2-3-16(24)20-14-8-4-12(5-9-14)17(25)22-23-18(26)21-15-10-6-13(19)7-11-15/h4-11H,2-3H2,1H3,(H,20,24)(H,22,25)(H2,21,23,26). The molecule has 2 aromatic rings. The van der Waals surface area contributed by atoms with Gasteiger partial charge in [0.05, 0.1) is 0 Å². The Morgan fingerprint density at radius 2 is 1.42 bits per heavy atom. The number of amides is 4. The molecular weight excluding hydrogens is 356 g/mol. The Balaban J connectivity index is 1.82. The van der Waals surface area contributed by atoms with Crippen molar-refractivity contribution in [1.29, 1.82) is 0 Å². The van der Waals surface area contributed by atoms with Crippen molar-refractivity contribution in [2.75, 3.05) is 10.6 Å². The van der Waals surface area contributed by atoms with Crippen LogP contribution in [0.25, 0.3) is 0 Å². The fourth-order valence-corrected chi connectivity index (χ4v) is 2.16. The van der Waals surface area contributed by atoms with Crippen LogP contribution in [0, 0.1) is 0 Å². The van der Waals surface area contributed by atoms with Crippen LogP contribution in [0.3, 0.4) is 0 Å². The molecule has 7 nitrogen and oxygen atoms in total. The molecule has 26 heavy (non-hydrogen) atoms. The molecule has 4 amide bonds. The average Bonchev–Trinajstić information content (AvgIpc) is 2.62. The molecule has 4 N–H and O–H groups in total. The van der Waals surface area contributed by atoms with Crippen molar-refractivity contribution in [3.63, 3.8) is 0 Å². The molecule has 0 unspecified atom stereocenters. The van der Waals surface area contributed by atoms with E-state index in [2.05, 4.69) is 21.5 Å². The van der Waals surface area contributed by atoms with Gasteiger partial charge < -0.3 is 10.6 Å². The summed E-state index contributed by atoms with van der Waals surface area (Å²) in [4.78, 5) is 35.3. The van der Waals surface area contributed by atoms with E-state index in [0.29, 0.717) is 28.4 Å². The van der Waals surface area contributed by atoms with Crippen LogP contribution in [0.2, 0.25) is 5.02 Å². The third kappa shape index (κ3) is 6.10. The summed E-state index contributed by atoms with van der Waals surface area (Å²) in [7, 11) is 0. The number of rotatable bonds is 5. The van der Waals surface area contributed by atoms with E-state index in [1.165, 1.54) is 0 Å². The third-order valence-electron chi connectivity index (χ3n) is 3.30. The van der Waals surface area contributed by atoms with Crippen molar-refractivity contribution in [2.24, 2.45) is 0 Å². The predicted molar refractivity (Wildman–Crippen MR) is 101 cm³/mol. The fourth-order valence-electron chi connectivity index (χ4n) is 2.04.